The molecular weight excluding hydrogens is 222 g/mol. The zero-order valence-electron chi connectivity index (χ0n) is 10.2. The van der Waals surface area contributed by atoms with Gasteiger partial charge in [0.2, 0.25) is 5.91 Å². The van der Waals surface area contributed by atoms with Crippen LogP contribution in [0, 0.1) is 11.8 Å². The van der Waals surface area contributed by atoms with Gasteiger partial charge in [0.15, 0.2) is 5.84 Å². The Kier molecular flexibility index (Phi) is 5.76. The first kappa shape index (κ1) is 13.8. The van der Waals surface area contributed by atoms with Crippen LogP contribution in [0.2, 0.25) is 0 Å². The van der Waals surface area contributed by atoms with Crippen LogP contribution in [0.4, 0.5) is 0 Å². The number of nitrogens with zero attached hydrogens (tertiary/aromatic N) is 1. The summed E-state index contributed by atoms with van der Waals surface area (Å²) in [7, 11) is 0. The SMILES string of the molecule is CCC(C(=O)NCC1CCCOC1)C(N)=NO. The van der Waals surface area contributed by atoms with Crippen LogP contribution < -0.4 is 11.1 Å². The molecule has 0 aromatic carbocycles. The average Bonchev–Trinajstić information content (AvgIpc) is 2.38. The number of carbonyl (C=O) groups is 1. The molecule has 6 nitrogen and oxygen atoms in total. The predicted molar refractivity (Wildman–Crippen MR) is 63.7 cm³/mol. The molecule has 0 radical (unpaired) electrons. The number of carbonyl (C=O) groups excluding carboxylic acids is 1. The molecule has 0 spiro atoms. The normalized spacial score (nSPS) is 23.1. The summed E-state index contributed by atoms with van der Waals surface area (Å²) in [6.45, 7) is 3.92. The van der Waals surface area contributed by atoms with Gasteiger partial charge in [0, 0.05) is 13.2 Å². The summed E-state index contributed by atoms with van der Waals surface area (Å²) in [4.78, 5) is 11.8. The zero-order valence-corrected chi connectivity index (χ0v) is 10.2. The van der Waals surface area contributed by atoms with Gasteiger partial charge < -0.3 is 21.0 Å². The monoisotopic (exact) mass is 243 g/mol. The number of nitrogens with two attached hydrogens (primary N) is 1. The fourth-order valence-corrected chi connectivity index (χ4v) is 1.94. The number of rotatable bonds is 5. The molecule has 1 aliphatic heterocycles. The molecule has 0 aromatic rings. The minimum atomic E-state index is -0.551. The maximum absolute atomic E-state index is 11.8. The van der Waals surface area contributed by atoms with Crippen molar-refractivity contribution < 1.29 is 14.7 Å². The molecule has 4 N–H and O–H groups in total. The summed E-state index contributed by atoms with van der Waals surface area (Å²) in [6.07, 6.45) is 2.63. The number of ether oxygens (including phenoxy) is 1. The van der Waals surface area contributed by atoms with Crippen molar-refractivity contribution in [1.82, 2.24) is 5.32 Å². The number of amidine groups is 1. The van der Waals surface area contributed by atoms with Crippen LogP contribution >= 0.6 is 0 Å². The Morgan fingerprint density at radius 2 is 2.47 bits per heavy atom. The van der Waals surface area contributed by atoms with Crippen LogP contribution in [-0.4, -0.2) is 36.7 Å². The van der Waals surface area contributed by atoms with Crippen LogP contribution in [-0.2, 0) is 9.53 Å². The third-order valence-electron chi connectivity index (χ3n) is 3.02. The molecule has 6 heteroatoms. The second kappa shape index (κ2) is 7.11. The smallest absolute Gasteiger partial charge is 0.230 e. The molecule has 1 fully saturated rings. The second-order valence-corrected chi connectivity index (χ2v) is 4.31. The van der Waals surface area contributed by atoms with E-state index in [0.717, 1.165) is 19.4 Å². The molecule has 0 aromatic heterocycles. The van der Waals surface area contributed by atoms with Crippen molar-refractivity contribution in [1.29, 1.82) is 0 Å². The van der Waals surface area contributed by atoms with Gasteiger partial charge in [-0.25, -0.2) is 0 Å². The van der Waals surface area contributed by atoms with Gasteiger partial charge >= 0.3 is 0 Å². The lowest BCUT2D eigenvalue weighted by Crippen LogP contribution is -2.41. The summed E-state index contributed by atoms with van der Waals surface area (Å²) in [5.41, 5.74) is 5.45. The Morgan fingerprint density at radius 1 is 1.71 bits per heavy atom. The molecule has 1 amide bonds. The van der Waals surface area contributed by atoms with Gasteiger partial charge in [-0.1, -0.05) is 12.1 Å². The third-order valence-corrected chi connectivity index (χ3v) is 3.02. The van der Waals surface area contributed by atoms with Gasteiger partial charge in [-0.15, -0.1) is 0 Å². The van der Waals surface area contributed by atoms with Crippen molar-refractivity contribution in [2.45, 2.75) is 26.2 Å². The molecular formula is C11H21N3O3. The van der Waals surface area contributed by atoms with E-state index in [9.17, 15) is 4.79 Å². The maximum atomic E-state index is 11.8. The molecule has 2 atom stereocenters. The number of amides is 1. The highest BCUT2D eigenvalue weighted by atomic mass is 16.5. The zero-order chi connectivity index (χ0) is 12.7. The summed E-state index contributed by atoms with van der Waals surface area (Å²) >= 11 is 0. The number of oxime groups is 1. The average molecular weight is 243 g/mol. The standard InChI is InChI=1S/C11H21N3O3/c1-2-9(10(12)14-16)11(15)13-6-8-4-3-5-17-7-8/h8-9,16H,2-7H2,1H3,(H2,12,14)(H,13,15). The van der Waals surface area contributed by atoms with Crippen LogP contribution in [0.5, 0.6) is 0 Å². The van der Waals surface area contributed by atoms with E-state index in [1.807, 2.05) is 6.92 Å². The van der Waals surface area contributed by atoms with Crippen molar-refractivity contribution >= 4 is 11.7 Å². The first-order valence-electron chi connectivity index (χ1n) is 6.01. The largest absolute Gasteiger partial charge is 0.409 e. The Hall–Kier alpha value is -1.30. The highest BCUT2D eigenvalue weighted by Crippen LogP contribution is 2.12. The second-order valence-electron chi connectivity index (χ2n) is 4.31. The van der Waals surface area contributed by atoms with E-state index in [0.29, 0.717) is 25.5 Å². The molecule has 2 unspecified atom stereocenters. The van der Waals surface area contributed by atoms with Crippen LogP contribution in [0.15, 0.2) is 5.16 Å². The van der Waals surface area contributed by atoms with E-state index < -0.39 is 5.92 Å². The first-order valence-corrected chi connectivity index (χ1v) is 6.01. The van der Waals surface area contributed by atoms with Gasteiger partial charge in [0.05, 0.1) is 12.5 Å². The maximum Gasteiger partial charge on any atom is 0.230 e. The summed E-state index contributed by atoms with van der Waals surface area (Å²) < 4.78 is 5.33. The molecule has 1 rings (SSSR count). The fraction of sp³-hybridized carbons (Fsp3) is 0.818. The van der Waals surface area contributed by atoms with E-state index in [1.54, 1.807) is 0 Å². The topological polar surface area (TPSA) is 96.9 Å². The third kappa shape index (κ3) is 4.22. The first-order chi connectivity index (χ1) is 8.19. The van der Waals surface area contributed by atoms with E-state index >= 15 is 0 Å². The highest BCUT2D eigenvalue weighted by Gasteiger charge is 2.22. The van der Waals surface area contributed by atoms with Crippen molar-refractivity contribution in [3.8, 4) is 0 Å². The Bertz CT molecular complexity index is 275. The van der Waals surface area contributed by atoms with Crippen LogP contribution in [0.25, 0.3) is 0 Å². The molecule has 98 valence electrons. The minimum absolute atomic E-state index is 0.0371. The number of nitrogens with one attached hydrogen (secondary N) is 1. The van der Waals surface area contributed by atoms with Gasteiger partial charge in [0.25, 0.3) is 0 Å². The van der Waals surface area contributed by atoms with Crippen molar-refractivity contribution in [3.63, 3.8) is 0 Å². The summed E-state index contributed by atoms with van der Waals surface area (Å²) in [6, 6.07) is 0. The van der Waals surface area contributed by atoms with Gasteiger partial charge in [-0.2, -0.15) is 0 Å². The van der Waals surface area contributed by atoms with Gasteiger partial charge in [-0.3, -0.25) is 4.79 Å². The lowest BCUT2D eigenvalue weighted by Gasteiger charge is -2.23. The van der Waals surface area contributed by atoms with Crippen molar-refractivity contribution in [2.75, 3.05) is 19.8 Å². The highest BCUT2D eigenvalue weighted by molar-refractivity contribution is 6.01. The van der Waals surface area contributed by atoms with Crippen LogP contribution in [0.1, 0.15) is 26.2 Å². The lowest BCUT2D eigenvalue weighted by molar-refractivity contribution is -0.123. The van der Waals surface area contributed by atoms with E-state index in [4.69, 9.17) is 15.7 Å². The Morgan fingerprint density at radius 3 is 3.00 bits per heavy atom. The molecule has 0 bridgehead atoms. The predicted octanol–water partition coefficient (Wildman–Crippen LogP) is 0.302. The minimum Gasteiger partial charge on any atom is -0.409 e. The fourth-order valence-electron chi connectivity index (χ4n) is 1.94. The Labute approximate surface area is 101 Å². The van der Waals surface area contributed by atoms with Crippen LogP contribution in [0.3, 0.4) is 0 Å². The van der Waals surface area contributed by atoms with Gasteiger partial charge in [0.1, 0.15) is 0 Å². The molecule has 1 saturated heterocycles. The molecule has 0 saturated carbocycles. The van der Waals surface area contributed by atoms with Crippen molar-refractivity contribution in [2.24, 2.45) is 22.7 Å². The van der Waals surface area contributed by atoms with E-state index in [-0.39, 0.29) is 11.7 Å². The van der Waals surface area contributed by atoms with Gasteiger partial charge in [-0.05, 0) is 25.2 Å². The number of hydrogen-bond donors (Lipinski definition) is 3. The molecule has 1 aliphatic rings. The van der Waals surface area contributed by atoms with E-state index in [2.05, 4.69) is 10.5 Å². The number of hydrogen-bond acceptors (Lipinski definition) is 4. The summed E-state index contributed by atoms with van der Waals surface area (Å²) in [5.74, 6) is -0.403. The lowest BCUT2D eigenvalue weighted by atomic mass is 10.0. The van der Waals surface area contributed by atoms with Crippen molar-refractivity contribution in [3.05, 3.63) is 0 Å². The summed E-state index contributed by atoms with van der Waals surface area (Å²) in [5, 5.41) is 14.3. The quantitative estimate of drug-likeness (QED) is 0.280. The molecule has 1 heterocycles. The molecule has 17 heavy (non-hydrogen) atoms. The van der Waals surface area contributed by atoms with E-state index in [1.165, 1.54) is 0 Å². The molecule has 0 aliphatic carbocycles. The Balaban J connectivity index is 2.36.